The minimum absolute atomic E-state index is 0.172. The average Bonchev–Trinajstić information content (AvgIpc) is 3.21. The van der Waals surface area contributed by atoms with Crippen molar-refractivity contribution in [1.82, 2.24) is 15.1 Å². The van der Waals surface area contributed by atoms with Crippen molar-refractivity contribution in [3.8, 4) is 0 Å². The molecule has 40 heavy (non-hydrogen) atoms. The summed E-state index contributed by atoms with van der Waals surface area (Å²) < 4.78 is 5.47. The number of fused-ring (bicyclic) bond motifs is 1. The second kappa shape index (κ2) is 13.8. The van der Waals surface area contributed by atoms with Gasteiger partial charge in [0.05, 0.1) is 0 Å². The van der Waals surface area contributed by atoms with Crippen molar-refractivity contribution < 1.29 is 28.7 Å². The molecule has 3 rings (SSSR count). The van der Waals surface area contributed by atoms with Crippen molar-refractivity contribution in [2.45, 2.75) is 83.9 Å². The van der Waals surface area contributed by atoms with Crippen molar-refractivity contribution in [3.05, 3.63) is 39.8 Å². The molecule has 13 nitrogen and oxygen atoms in total. The average molecular weight is 556 g/mol. The first-order valence-corrected chi connectivity index (χ1v) is 13.6. The third-order valence-corrected chi connectivity index (χ3v) is 6.59. The van der Waals surface area contributed by atoms with E-state index >= 15 is 0 Å². The summed E-state index contributed by atoms with van der Waals surface area (Å²) in [6.07, 6.45) is 2.78. The maximum absolute atomic E-state index is 13.0. The predicted octanol–water partition coefficient (Wildman–Crippen LogP) is 3.88. The van der Waals surface area contributed by atoms with Gasteiger partial charge in [-0.15, -0.1) is 0 Å². The van der Waals surface area contributed by atoms with E-state index in [0.717, 1.165) is 0 Å². The van der Waals surface area contributed by atoms with Crippen LogP contribution in [0.4, 0.5) is 10.5 Å². The van der Waals surface area contributed by atoms with Gasteiger partial charge in [-0.1, -0.05) is 17.6 Å². The van der Waals surface area contributed by atoms with Gasteiger partial charge in [0.15, 0.2) is 0 Å². The molecule has 1 unspecified atom stereocenters. The Morgan fingerprint density at radius 3 is 2.62 bits per heavy atom. The number of unbranched alkanes of at least 4 members (excludes halogenated alkanes) is 2. The second-order valence-electron chi connectivity index (χ2n) is 10.9. The third kappa shape index (κ3) is 8.44. The van der Waals surface area contributed by atoms with E-state index in [-0.39, 0.29) is 50.1 Å². The van der Waals surface area contributed by atoms with E-state index < -0.39 is 23.6 Å². The molecular formula is C27H37N7O6. The lowest BCUT2D eigenvalue weighted by Crippen LogP contribution is -2.52. The Morgan fingerprint density at radius 1 is 1.18 bits per heavy atom. The number of hydrogen-bond acceptors (Lipinski definition) is 7. The summed E-state index contributed by atoms with van der Waals surface area (Å²) in [7, 11) is 0. The molecule has 2 aliphatic heterocycles. The number of rotatable bonds is 12. The van der Waals surface area contributed by atoms with Gasteiger partial charge in [-0.05, 0) is 64.1 Å². The number of piperidine rings is 1. The summed E-state index contributed by atoms with van der Waals surface area (Å²) in [4.78, 5) is 67.8. The summed E-state index contributed by atoms with van der Waals surface area (Å²) in [6, 6.07) is 4.36. The molecule has 1 aromatic rings. The lowest BCUT2D eigenvalue weighted by Gasteiger charge is -2.29. The van der Waals surface area contributed by atoms with Crippen LogP contribution < -0.4 is 10.6 Å². The fraction of sp³-hybridized carbons (Fsp3) is 0.593. The molecule has 0 aliphatic carbocycles. The normalized spacial score (nSPS) is 16.6. The van der Waals surface area contributed by atoms with Gasteiger partial charge in [0, 0.05) is 60.7 Å². The number of imide groups is 1. The fourth-order valence-electron chi connectivity index (χ4n) is 4.68. The Hall–Kier alpha value is -4.12. The Balaban J connectivity index is 1.48. The maximum atomic E-state index is 13.0. The molecule has 2 aliphatic rings. The molecule has 0 saturated carbocycles. The van der Waals surface area contributed by atoms with Crippen LogP contribution in [-0.4, -0.2) is 70.8 Å². The van der Waals surface area contributed by atoms with Gasteiger partial charge < -0.3 is 19.9 Å². The van der Waals surface area contributed by atoms with Gasteiger partial charge in [-0.2, -0.15) is 0 Å². The number of amides is 5. The van der Waals surface area contributed by atoms with E-state index in [2.05, 4.69) is 20.7 Å². The molecule has 1 fully saturated rings. The molecule has 216 valence electrons. The van der Waals surface area contributed by atoms with Crippen LogP contribution >= 0.6 is 0 Å². The number of carbonyl (C=O) groups is 5. The standard InChI is InChI=1S/C27H37N7O6/c1-27(2,3)40-26(39)33(16-8-14-29-32-28)15-6-4-5-11-22(35)30-20-10-7-9-18-19(20)17-34(25(18)38)21-12-13-23(36)31-24(21)37/h7,9-10,21H,4-6,8,11-17H2,1-3H3,(H,30,35)(H,31,36,37). The maximum Gasteiger partial charge on any atom is 0.410 e. The Morgan fingerprint density at radius 2 is 1.93 bits per heavy atom. The number of carbonyl (C=O) groups excluding carboxylic acids is 5. The Bertz CT molecular complexity index is 1190. The van der Waals surface area contributed by atoms with Crippen molar-refractivity contribution >= 4 is 35.4 Å². The first kappa shape index (κ1) is 30.4. The van der Waals surface area contributed by atoms with E-state index in [0.29, 0.717) is 55.6 Å². The highest BCUT2D eigenvalue weighted by molar-refractivity contribution is 6.06. The van der Waals surface area contributed by atoms with Crippen molar-refractivity contribution in [3.63, 3.8) is 0 Å². The van der Waals surface area contributed by atoms with E-state index in [1.54, 1.807) is 43.9 Å². The number of benzene rings is 1. The van der Waals surface area contributed by atoms with Crippen LogP contribution in [0.5, 0.6) is 0 Å². The molecule has 0 radical (unpaired) electrons. The number of ether oxygens (including phenoxy) is 1. The van der Waals surface area contributed by atoms with Crippen molar-refractivity contribution in [2.24, 2.45) is 5.11 Å². The number of azide groups is 1. The van der Waals surface area contributed by atoms with E-state index in [4.69, 9.17) is 10.3 Å². The van der Waals surface area contributed by atoms with E-state index in [1.165, 1.54) is 4.90 Å². The zero-order chi connectivity index (χ0) is 29.3. The van der Waals surface area contributed by atoms with Gasteiger partial charge in [0.25, 0.3) is 5.91 Å². The second-order valence-corrected chi connectivity index (χ2v) is 10.9. The first-order valence-electron chi connectivity index (χ1n) is 13.6. The summed E-state index contributed by atoms with van der Waals surface area (Å²) in [5.74, 6) is -1.32. The molecule has 1 saturated heterocycles. The van der Waals surface area contributed by atoms with Crippen LogP contribution in [0.2, 0.25) is 0 Å². The molecule has 2 heterocycles. The van der Waals surface area contributed by atoms with Crippen LogP contribution in [0.15, 0.2) is 23.3 Å². The molecule has 13 heteroatoms. The minimum atomic E-state index is -0.722. The molecule has 0 bridgehead atoms. The van der Waals surface area contributed by atoms with Gasteiger partial charge >= 0.3 is 6.09 Å². The molecule has 1 aromatic carbocycles. The molecule has 5 amide bonds. The topological polar surface area (TPSA) is 174 Å². The minimum Gasteiger partial charge on any atom is -0.444 e. The third-order valence-electron chi connectivity index (χ3n) is 6.59. The summed E-state index contributed by atoms with van der Waals surface area (Å²) in [5.41, 5.74) is 9.44. The molecule has 0 spiro atoms. The van der Waals surface area contributed by atoms with E-state index in [1.807, 2.05) is 0 Å². The van der Waals surface area contributed by atoms with Gasteiger partial charge in [-0.3, -0.25) is 24.5 Å². The fourth-order valence-corrected chi connectivity index (χ4v) is 4.68. The monoisotopic (exact) mass is 555 g/mol. The first-order chi connectivity index (χ1) is 19.0. The van der Waals surface area contributed by atoms with Crippen molar-refractivity contribution in [2.75, 3.05) is 25.0 Å². The lowest BCUT2D eigenvalue weighted by atomic mass is 10.0. The number of anilines is 1. The zero-order valence-electron chi connectivity index (χ0n) is 23.3. The van der Waals surface area contributed by atoms with Crippen molar-refractivity contribution in [1.29, 1.82) is 0 Å². The van der Waals surface area contributed by atoms with Gasteiger partial charge in [0.2, 0.25) is 17.7 Å². The highest BCUT2D eigenvalue weighted by Crippen LogP contribution is 2.32. The molecule has 2 N–H and O–H groups in total. The Kier molecular flexibility index (Phi) is 10.5. The quantitative estimate of drug-likeness (QED) is 0.130. The summed E-state index contributed by atoms with van der Waals surface area (Å²) in [6.45, 7) is 6.72. The van der Waals surface area contributed by atoms with Crippen LogP contribution in [0.3, 0.4) is 0 Å². The van der Waals surface area contributed by atoms with Crippen LogP contribution in [0.25, 0.3) is 10.4 Å². The van der Waals surface area contributed by atoms with E-state index in [9.17, 15) is 24.0 Å². The predicted molar refractivity (Wildman–Crippen MR) is 146 cm³/mol. The van der Waals surface area contributed by atoms with Gasteiger partial charge in [0.1, 0.15) is 11.6 Å². The largest absolute Gasteiger partial charge is 0.444 e. The number of nitrogens with one attached hydrogen (secondary N) is 2. The molecule has 0 aromatic heterocycles. The lowest BCUT2D eigenvalue weighted by molar-refractivity contribution is -0.137. The SMILES string of the molecule is CC(C)(C)OC(=O)N(CCCCCC(=O)Nc1cccc2c1CN(C1CCC(=O)NC1=O)C2=O)CCCN=[N+]=[N-]. The number of hydrogen-bond donors (Lipinski definition) is 2. The highest BCUT2D eigenvalue weighted by Gasteiger charge is 2.40. The molecular weight excluding hydrogens is 518 g/mol. The van der Waals surface area contributed by atoms with Gasteiger partial charge in [-0.25, -0.2) is 4.79 Å². The highest BCUT2D eigenvalue weighted by atomic mass is 16.6. The molecule has 1 atom stereocenters. The van der Waals surface area contributed by atoms with Crippen LogP contribution in [0, 0.1) is 0 Å². The summed E-state index contributed by atoms with van der Waals surface area (Å²) >= 11 is 0. The van der Waals surface area contributed by atoms with Crippen LogP contribution in [-0.2, 0) is 25.7 Å². The smallest absolute Gasteiger partial charge is 0.410 e. The number of nitrogens with zero attached hydrogens (tertiary/aromatic N) is 5. The summed E-state index contributed by atoms with van der Waals surface area (Å²) in [5, 5.41) is 8.68. The Labute approximate surface area is 233 Å². The van der Waals surface area contributed by atoms with Crippen LogP contribution in [0.1, 0.15) is 81.6 Å². The zero-order valence-corrected chi connectivity index (χ0v) is 23.3.